The van der Waals surface area contributed by atoms with E-state index in [4.69, 9.17) is 11.1 Å². The van der Waals surface area contributed by atoms with Gasteiger partial charge in [0.25, 0.3) is 0 Å². The number of halogens is 3. The summed E-state index contributed by atoms with van der Waals surface area (Å²) in [5, 5.41) is 9.28. The molecule has 0 amide bonds. The Morgan fingerprint density at radius 1 is 1.40 bits per heavy atom. The highest BCUT2D eigenvalue weighted by Gasteiger charge is 2.31. The molecular weight excluding hydrogens is 307 g/mol. The fraction of sp³-hybridized carbons (Fsp3) is 0.167. The van der Waals surface area contributed by atoms with Crippen molar-refractivity contribution in [3.8, 4) is 0 Å². The maximum absolute atomic E-state index is 12.7. The molecule has 0 atom stereocenters. The van der Waals surface area contributed by atoms with Gasteiger partial charge in [-0.25, -0.2) is 4.98 Å². The van der Waals surface area contributed by atoms with Crippen molar-refractivity contribution in [3.63, 3.8) is 0 Å². The minimum absolute atomic E-state index is 0.0673. The Labute approximate surface area is 121 Å². The molecule has 0 aliphatic heterocycles. The van der Waals surface area contributed by atoms with Gasteiger partial charge >= 0.3 is 6.18 Å². The lowest BCUT2D eigenvalue weighted by molar-refractivity contribution is -0.137. The van der Waals surface area contributed by atoms with Crippen LogP contribution in [0, 0.1) is 12.3 Å². The molecule has 1 heterocycles. The minimum atomic E-state index is -4.45. The number of hydrogen-bond acceptors (Lipinski definition) is 4. The standard InChI is InChI=1S/C12H10F3N3S2/c1-6-5-19-11(18-6)20-9-3-2-7(12(13,14)15)4-8(9)10(16)17/h2-5H,1H3,(H3,16,17). The summed E-state index contributed by atoms with van der Waals surface area (Å²) < 4.78 is 38.7. The number of nitrogens with zero attached hydrogens (tertiary/aromatic N) is 1. The van der Waals surface area contributed by atoms with E-state index < -0.39 is 17.6 Å². The zero-order valence-electron chi connectivity index (χ0n) is 10.3. The zero-order chi connectivity index (χ0) is 14.9. The van der Waals surface area contributed by atoms with E-state index in [1.807, 2.05) is 12.3 Å². The third kappa shape index (κ3) is 3.31. The molecule has 20 heavy (non-hydrogen) atoms. The first-order valence-corrected chi connectivity index (χ1v) is 7.12. The third-order valence-corrected chi connectivity index (χ3v) is 4.52. The van der Waals surface area contributed by atoms with Crippen LogP contribution >= 0.6 is 23.1 Å². The average Bonchev–Trinajstić information content (AvgIpc) is 2.73. The topological polar surface area (TPSA) is 62.8 Å². The Morgan fingerprint density at radius 3 is 2.60 bits per heavy atom. The van der Waals surface area contributed by atoms with Crippen molar-refractivity contribution in [2.75, 3.05) is 0 Å². The summed E-state index contributed by atoms with van der Waals surface area (Å²) in [5.41, 5.74) is 5.46. The van der Waals surface area contributed by atoms with Crippen LogP contribution in [-0.2, 0) is 6.18 Å². The fourth-order valence-corrected chi connectivity index (χ4v) is 3.40. The number of benzene rings is 1. The molecule has 0 fully saturated rings. The van der Waals surface area contributed by atoms with Gasteiger partial charge in [-0.15, -0.1) is 11.3 Å². The molecule has 0 radical (unpaired) electrons. The Balaban J connectivity index is 2.40. The van der Waals surface area contributed by atoms with Crippen molar-refractivity contribution < 1.29 is 13.2 Å². The normalized spacial score (nSPS) is 11.6. The molecule has 1 aromatic carbocycles. The highest BCUT2D eigenvalue weighted by Crippen LogP contribution is 2.36. The second kappa shape index (κ2) is 5.45. The number of nitrogens with two attached hydrogens (primary N) is 1. The van der Waals surface area contributed by atoms with E-state index in [1.165, 1.54) is 29.2 Å². The van der Waals surface area contributed by atoms with Crippen LogP contribution in [0.2, 0.25) is 0 Å². The summed E-state index contributed by atoms with van der Waals surface area (Å²) in [7, 11) is 0. The van der Waals surface area contributed by atoms with Gasteiger partial charge in [0, 0.05) is 21.5 Å². The van der Waals surface area contributed by atoms with E-state index in [0.717, 1.165) is 17.8 Å². The Bertz CT molecular complexity index is 650. The average molecular weight is 317 g/mol. The first kappa shape index (κ1) is 14.9. The first-order valence-electron chi connectivity index (χ1n) is 5.43. The van der Waals surface area contributed by atoms with Crippen molar-refractivity contribution >= 4 is 28.9 Å². The van der Waals surface area contributed by atoms with E-state index in [1.54, 1.807) is 0 Å². The molecule has 8 heteroatoms. The van der Waals surface area contributed by atoms with Crippen LogP contribution in [-0.4, -0.2) is 10.8 Å². The molecule has 3 N–H and O–H groups in total. The summed E-state index contributed by atoms with van der Waals surface area (Å²) in [4.78, 5) is 4.71. The molecule has 3 nitrogen and oxygen atoms in total. The van der Waals surface area contributed by atoms with E-state index >= 15 is 0 Å². The van der Waals surface area contributed by atoms with Crippen molar-refractivity contribution in [2.45, 2.75) is 22.3 Å². The highest BCUT2D eigenvalue weighted by atomic mass is 32.2. The number of nitrogens with one attached hydrogen (secondary N) is 1. The van der Waals surface area contributed by atoms with Gasteiger partial charge in [-0.3, -0.25) is 5.41 Å². The highest BCUT2D eigenvalue weighted by molar-refractivity contribution is 8.01. The van der Waals surface area contributed by atoms with Gasteiger partial charge in [0.1, 0.15) is 5.84 Å². The van der Waals surface area contributed by atoms with Gasteiger partial charge in [-0.05, 0) is 25.1 Å². The molecule has 0 saturated carbocycles. The maximum Gasteiger partial charge on any atom is 0.416 e. The predicted molar refractivity (Wildman–Crippen MR) is 73.4 cm³/mol. The van der Waals surface area contributed by atoms with Gasteiger partial charge in [0.15, 0.2) is 4.34 Å². The number of hydrogen-bond donors (Lipinski definition) is 2. The SMILES string of the molecule is Cc1csc(Sc2ccc(C(F)(F)F)cc2C(=N)N)n1. The number of rotatable bonds is 3. The molecule has 0 aliphatic rings. The lowest BCUT2D eigenvalue weighted by Crippen LogP contribution is -2.14. The van der Waals surface area contributed by atoms with Crippen LogP contribution in [0.5, 0.6) is 0 Å². The van der Waals surface area contributed by atoms with Crippen molar-refractivity contribution in [2.24, 2.45) is 5.73 Å². The van der Waals surface area contributed by atoms with Crippen molar-refractivity contribution in [1.82, 2.24) is 4.98 Å². The molecule has 106 valence electrons. The van der Waals surface area contributed by atoms with Crippen molar-refractivity contribution in [1.29, 1.82) is 5.41 Å². The summed E-state index contributed by atoms with van der Waals surface area (Å²) in [6, 6.07) is 3.20. The van der Waals surface area contributed by atoms with E-state index in [2.05, 4.69) is 4.98 Å². The second-order valence-electron chi connectivity index (χ2n) is 3.98. The molecule has 2 aromatic rings. The second-order valence-corrected chi connectivity index (χ2v) is 6.13. The number of thiazole rings is 1. The molecule has 0 aliphatic carbocycles. The van der Waals surface area contributed by atoms with Crippen LogP contribution in [0.3, 0.4) is 0 Å². The summed E-state index contributed by atoms with van der Waals surface area (Å²) in [5.74, 6) is -0.396. The fourth-order valence-electron chi connectivity index (χ4n) is 1.48. The molecule has 0 bridgehead atoms. The lowest BCUT2D eigenvalue weighted by Gasteiger charge is -2.11. The van der Waals surface area contributed by atoms with E-state index in [9.17, 15) is 13.2 Å². The zero-order valence-corrected chi connectivity index (χ0v) is 11.9. The van der Waals surface area contributed by atoms with Crippen LogP contribution in [0.1, 0.15) is 16.8 Å². The van der Waals surface area contributed by atoms with Gasteiger partial charge in [-0.2, -0.15) is 13.2 Å². The summed E-state index contributed by atoms with van der Waals surface area (Å²) in [6.07, 6.45) is -4.45. The van der Waals surface area contributed by atoms with Crippen molar-refractivity contribution in [3.05, 3.63) is 40.4 Å². The number of aryl methyl sites for hydroxylation is 1. The van der Waals surface area contributed by atoms with Crippen LogP contribution in [0.4, 0.5) is 13.2 Å². The van der Waals surface area contributed by atoms with Gasteiger partial charge < -0.3 is 5.73 Å². The molecular formula is C12H10F3N3S2. The predicted octanol–water partition coefficient (Wildman–Crippen LogP) is 3.91. The Kier molecular flexibility index (Phi) is 4.05. The lowest BCUT2D eigenvalue weighted by atomic mass is 10.1. The molecule has 0 unspecified atom stereocenters. The first-order chi connectivity index (χ1) is 9.27. The molecule has 2 rings (SSSR count). The smallest absolute Gasteiger partial charge is 0.384 e. The number of alkyl halides is 3. The monoisotopic (exact) mass is 317 g/mol. The number of aromatic nitrogens is 1. The van der Waals surface area contributed by atoms with Gasteiger partial charge in [0.05, 0.1) is 5.56 Å². The van der Waals surface area contributed by atoms with E-state index in [-0.39, 0.29) is 5.56 Å². The summed E-state index contributed by atoms with van der Waals surface area (Å²) >= 11 is 2.59. The molecule has 0 saturated heterocycles. The van der Waals surface area contributed by atoms with Crippen LogP contribution < -0.4 is 5.73 Å². The maximum atomic E-state index is 12.7. The largest absolute Gasteiger partial charge is 0.416 e. The van der Waals surface area contributed by atoms with Gasteiger partial charge in [0.2, 0.25) is 0 Å². The molecule has 1 aromatic heterocycles. The Morgan fingerprint density at radius 2 is 2.10 bits per heavy atom. The van der Waals surface area contributed by atoms with Crippen LogP contribution in [0.15, 0.2) is 32.8 Å². The minimum Gasteiger partial charge on any atom is -0.384 e. The van der Waals surface area contributed by atoms with Crippen LogP contribution in [0.25, 0.3) is 0 Å². The van der Waals surface area contributed by atoms with E-state index in [0.29, 0.717) is 9.24 Å². The number of amidine groups is 1. The quantitative estimate of drug-likeness (QED) is 0.666. The third-order valence-electron chi connectivity index (χ3n) is 2.39. The Hall–Kier alpha value is -1.54. The summed E-state index contributed by atoms with van der Waals surface area (Å²) in [6.45, 7) is 1.83. The molecule has 0 spiro atoms. The number of nitrogen functional groups attached to an aromatic ring is 1. The van der Waals surface area contributed by atoms with Gasteiger partial charge in [-0.1, -0.05) is 11.8 Å².